The van der Waals surface area contributed by atoms with Crippen LogP contribution in [0.2, 0.25) is 0 Å². The molecule has 1 saturated carbocycles. The number of H-pyrrole nitrogens is 1. The number of aromatic nitrogens is 1. The van der Waals surface area contributed by atoms with Gasteiger partial charge in [-0.3, -0.25) is 0 Å². The highest BCUT2D eigenvalue weighted by Gasteiger charge is 2.44. The summed E-state index contributed by atoms with van der Waals surface area (Å²) in [5, 5.41) is 10.3. The zero-order valence-corrected chi connectivity index (χ0v) is 15.5. The summed E-state index contributed by atoms with van der Waals surface area (Å²) in [5.41, 5.74) is 7.53. The van der Waals surface area contributed by atoms with Gasteiger partial charge < -0.3 is 4.98 Å². The highest BCUT2D eigenvalue weighted by molar-refractivity contribution is 6.01. The summed E-state index contributed by atoms with van der Waals surface area (Å²) >= 11 is 0. The van der Waals surface area contributed by atoms with Crippen LogP contribution in [0.1, 0.15) is 65.6 Å². The third-order valence-corrected chi connectivity index (χ3v) is 6.55. The molecule has 5 rings (SSSR count). The second-order valence-corrected chi connectivity index (χ2v) is 8.02. The Morgan fingerprint density at radius 1 is 1.15 bits per heavy atom. The van der Waals surface area contributed by atoms with Gasteiger partial charge in [0, 0.05) is 27.6 Å². The molecule has 2 aliphatic carbocycles. The van der Waals surface area contributed by atoms with E-state index in [4.69, 9.17) is 0 Å². The minimum atomic E-state index is -0.170. The van der Waals surface area contributed by atoms with E-state index < -0.39 is 0 Å². The number of hydrogen-bond acceptors (Lipinski definition) is 1. The van der Waals surface area contributed by atoms with E-state index in [1.54, 1.807) is 6.07 Å². The van der Waals surface area contributed by atoms with E-state index in [0.717, 1.165) is 40.4 Å². The number of rotatable bonds is 0. The zero-order valence-electron chi connectivity index (χ0n) is 15.5. The van der Waals surface area contributed by atoms with Crippen molar-refractivity contribution in [3.63, 3.8) is 0 Å². The second-order valence-electron chi connectivity index (χ2n) is 8.02. The van der Waals surface area contributed by atoms with E-state index in [9.17, 15) is 9.65 Å². The van der Waals surface area contributed by atoms with E-state index in [1.165, 1.54) is 30.5 Å². The fourth-order valence-corrected chi connectivity index (χ4v) is 5.21. The molecule has 0 saturated heterocycles. The first-order chi connectivity index (χ1) is 13.0. The predicted molar refractivity (Wildman–Crippen MR) is 106 cm³/mol. The van der Waals surface area contributed by atoms with Crippen LogP contribution in [-0.2, 0) is 5.41 Å². The molecule has 1 fully saturated rings. The molecule has 0 bridgehead atoms. The number of hydrogen-bond donors (Lipinski definition) is 1. The van der Waals surface area contributed by atoms with Crippen molar-refractivity contribution in [1.82, 2.24) is 4.98 Å². The number of aryl methyl sites for hydroxylation is 1. The van der Waals surface area contributed by atoms with Crippen LogP contribution < -0.4 is 0 Å². The van der Waals surface area contributed by atoms with Crippen molar-refractivity contribution in [2.45, 2.75) is 44.4 Å². The van der Waals surface area contributed by atoms with Crippen molar-refractivity contribution in [2.75, 3.05) is 0 Å². The SMILES string of the molecule is C=C1c2cc(F)c(C)cc2C2(CCCCC2)c2[nH]c3cc(C#N)ccc3c21. The summed E-state index contributed by atoms with van der Waals surface area (Å²) < 4.78 is 14.5. The molecule has 1 N–H and O–H groups in total. The average molecular weight is 356 g/mol. The molecular formula is C24H21FN2. The summed E-state index contributed by atoms with van der Waals surface area (Å²) in [6.07, 6.45) is 5.69. The van der Waals surface area contributed by atoms with Crippen molar-refractivity contribution in [2.24, 2.45) is 0 Å². The molecule has 27 heavy (non-hydrogen) atoms. The average Bonchev–Trinajstić information content (AvgIpc) is 3.08. The zero-order chi connectivity index (χ0) is 18.8. The van der Waals surface area contributed by atoms with Crippen molar-refractivity contribution in [3.8, 4) is 6.07 Å². The van der Waals surface area contributed by atoms with Gasteiger partial charge in [0.05, 0.1) is 11.6 Å². The molecule has 2 nitrogen and oxygen atoms in total. The topological polar surface area (TPSA) is 39.6 Å². The number of aromatic amines is 1. The van der Waals surface area contributed by atoms with Crippen molar-refractivity contribution >= 4 is 16.5 Å². The van der Waals surface area contributed by atoms with Crippen molar-refractivity contribution < 1.29 is 4.39 Å². The molecule has 1 aromatic heterocycles. The standard InChI is InChI=1S/C24H21FN2/c1-14-10-19-18(12-20(14)25)15(2)22-17-7-6-16(13-26)11-21(17)27-23(22)24(19)8-4-3-5-9-24/h6-7,10-12,27H,2-5,8-9H2,1H3. The van der Waals surface area contributed by atoms with Gasteiger partial charge in [-0.2, -0.15) is 5.26 Å². The fraction of sp³-hybridized carbons (Fsp3) is 0.292. The minimum absolute atomic E-state index is 0.117. The van der Waals surface area contributed by atoms with Gasteiger partial charge in [-0.15, -0.1) is 0 Å². The van der Waals surface area contributed by atoms with Gasteiger partial charge >= 0.3 is 0 Å². The molecule has 3 heteroatoms. The molecule has 3 aromatic rings. The maximum absolute atomic E-state index is 14.5. The maximum Gasteiger partial charge on any atom is 0.126 e. The molecule has 0 atom stereocenters. The monoisotopic (exact) mass is 356 g/mol. The van der Waals surface area contributed by atoms with Crippen LogP contribution in [0.25, 0.3) is 16.5 Å². The van der Waals surface area contributed by atoms with Crippen LogP contribution in [0, 0.1) is 24.1 Å². The lowest BCUT2D eigenvalue weighted by Gasteiger charge is -2.43. The summed E-state index contributed by atoms with van der Waals surface area (Å²) in [4.78, 5) is 3.65. The number of nitrogens with zero attached hydrogens (tertiary/aromatic N) is 1. The maximum atomic E-state index is 14.5. The molecule has 2 aliphatic rings. The molecule has 2 aromatic carbocycles. The lowest BCUT2D eigenvalue weighted by Crippen LogP contribution is -2.35. The fourth-order valence-electron chi connectivity index (χ4n) is 5.21. The highest BCUT2D eigenvalue weighted by Crippen LogP contribution is 2.54. The number of nitrogens with one attached hydrogen (secondary N) is 1. The first-order valence-corrected chi connectivity index (χ1v) is 9.62. The summed E-state index contributed by atoms with van der Waals surface area (Å²) in [6, 6.07) is 11.7. The molecule has 134 valence electrons. The highest BCUT2D eigenvalue weighted by atomic mass is 19.1. The van der Waals surface area contributed by atoms with E-state index in [1.807, 2.05) is 31.2 Å². The molecular weight excluding hydrogens is 335 g/mol. The normalized spacial score (nSPS) is 17.6. The van der Waals surface area contributed by atoms with Gasteiger partial charge in [-0.25, -0.2) is 4.39 Å². The Labute approximate surface area is 158 Å². The van der Waals surface area contributed by atoms with Crippen LogP contribution in [0.4, 0.5) is 4.39 Å². The van der Waals surface area contributed by atoms with Gasteiger partial charge in [-0.1, -0.05) is 38.0 Å². The number of fused-ring (bicyclic) bond motifs is 6. The summed E-state index contributed by atoms with van der Waals surface area (Å²) in [5.74, 6) is -0.170. The van der Waals surface area contributed by atoms with Gasteiger partial charge in [0.15, 0.2) is 0 Å². The van der Waals surface area contributed by atoms with E-state index in [2.05, 4.69) is 17.6 Å². The Morgan fingerprint density at radius 2 is 1.93 bits per heavy atom. The molecule has 0 radical (unpaired) electrons. The Morgan fingerprint density at radius 3 is 2.67 bits per heavy atom. The molecule has 0 amide bonds. The molecule has 1 heterocycles. The third-order valence-electron chi connectivity index (χ3n) is 6.55. The number of halogens is 1. The lowest BCUT2D eigenvalue weighted by molar-refractivity contribution is 0.336. The first kappa shape index (κ1) is 16.3. The lowest BCUT2D eigenvalue weighted by atomic mass is 9.61. The Balaban J connectivity index is 1.88. The van der Waals surface area contributed by atoms with Crippen molar-refractivity contribution in [3.05, 3.63) is 76.2 Å². The van der Waals surface area contributed by atoms with Crippen LogP contribution in [-0.4, -0.2) is 4.98 Å². The molecule has 1 spiro atoms. The van der Waals surface area contributed by atoms with Gasteiger partial charge in [-0.05, 0) is 60.2 Å². The number of nitriles is 1. The summed E-state index contributed by atoms with van der Waals surface area (Å²) in [7, 11) is 0. The smallest absolute Gasteiger partial charge is 0.126 e. The molecule has 0 unspecified atom stereocenters. The van der Waals surface area contributed by atoms with E-state index in [0.29, 0.717) is 11.1 Å². The van der Waals surface area contributed by atoms with Crippen LogP contribution >= 0.6 is 0 Å². The second kappa shape index (κ2) is 5.57. The van der Waals surface area contributed by atoms with Gasteiger partial charge in [0.2, 0.25) is 0 Å². The van der Waals surface area contributed by atoms with E-state index >= 15 is 0 Å². The summed E-state index contributed by atoms with van der Waals surface area (Å²) in [6.45, 7) is 6.20. The van der Waals surface area contributed by atoms with Gasteiger partial charge in [0.1, 0.15) is 5.82 Å². The minimum Gasteiger partial charge on any atom is -0.357 e. The molecule has 0 aliphatic heterocycles. The van der Waals surface area contributed by atoms with Crippen molar-refractivity contribution in [1.29, 1.82) is 5.26 Å². The van der Waals surface area contributed by atoms with E-state index in [-0.39, 0.29) is 11.2 Å². The quantitative estimate of drug-likeness (QED) is 0.518. The Hall–Kier alpha value is -2.86. The van der Waals surface area contributed by atoms with Crippen LogP contribution in [0.3, 0.4) is 0 Å². The predicted octanol–water partition coefficient (Wildman–Crippen LogP) is 6.11. The first-order valence-electron chi connectivity index (χ1n) is 9.62. The van der Waals surface area contributed by atoms with Gasteiger partial charge in [0.25, 0.3) is 0 Å². The Bertz CT molecular complexity index is 1150. The van der Waals surface area contributed by atoms with Crippen LogP contribution in [0.5, 0.6) is 0 Å². The largest absolute Gasteiger partial charge is 0.357 e. The van der Waals surface area contributed by atoms with Crippen LogP contribution in [0.15, 0.2) is 36.9 Å². The number of benzene rings is 2. The third kappa shape index (κ3) is 2.10. The Kier molecular flexibility index (Phi) is 3.37.